The first-order valence-electron chi connectivity index (χ1n) is 10.2. The molecule has 0 bridgehead atoms. The van der Waals surface area contributed by atoms with Crippen molar-refractivity contribution >= 4 is 27.5 Å². The molecule has 0 aliphatic heterocycles. The van der Waals surface area contributed by atoms with Gasteiger partial charge in [-0.05, 0) is 73.0 Å². The van der Waals surface area contributed by atoms with Crippen LogP contribution in [0.15, 0.2) is 65.1 Å². The fourth-order valence-electron chi connectivity index (χ4n) is 3.08. The highest BCUT2D eigenvalue weighted by atomic mass is 79.9. The summed E-state index contributed by atoms with van der Waals surface area (Å²) in [4.78, 5) is 0. The number of halogens is 2. The average Bonchev–Trinajstić information content (AvgIpc) is 2.79. The van der Waals surface area contributed by atoms with Crippen molar-refractivity contribution in [2.45, 2.75) is 26.5 Å². The Balaban J connectivity index is 1.58. The van der Waals surface area contributed by atoms with Crippen molar-refractivity contribution in [3.05, 3.63) is 86.8 Å². The molecule has 3 aromatic carbocycles. The molecule has 6 heteroatoms. The molecule has 0 aromatic heterocycles. The van der Waals surface area contributed by atoms with Gasteiger partial charge in [-0.15, -0.1) is 0 Å². The molecule has 1 N–H and O–H groups in total. The summed E-state index contributed by atoms with van der Waals surface area (Å²) in [5.41, 5.74) is 3.44. The van der Waals surface area contributed by atoms with E-state index in [1.807, 2.05) is 55.5 Å². The van der Waals surface area contributed by atoms with Crippen LogP contribution in [0.3, 0.4) is 0 Å². The Labute approximate surface area is 197 Å². The van der Waals surface area contributed by atoms with E-state index in [1.54, 1.807) is 7.11 Å². The summed E-state index contributed by atoms with van der Waals surface area (Å²) in [6, 6.07) is 19.8. The molecule has 3 rings (SSSR count). The standard InChI is InChI=1S/C25H27BrClNO3/c1-3-30-24-14-20(16-28-13-12-18-6-10-22(29-2)11-7-18)23(26)15-25(24)31-17-19-4-8-21(27)9-5-19/h4-11,14-15,28H,3,12-13,16-17H2,1-2H3. The molecule has 0 amide bonds. The Bertz CT molecular complexity index is 962. The van der Waals surface area contributed by atoms with Gasteiger partial charge in [0.2, 0.25) is 0 Å². The van der Waals surface area contributed by atoms with Crippen molar-refractivity contribution in [3.63, 3.8) is 0 Å². The summed E-state index contributed by atoms with van der Waals surface area (Å²) < 4.78 is 18.0. The molecule has 0 radical (unpaired) electrons. The summed E-state index contributed by atoms with van der Waals surface area (Å²) in [5.74, 6) is 2.33. The molecular formula is C25H27BrClNO3. The highest BCUT2D eigenvalue weighted by molar-refractivity contribution is 9.10. The Hall–Kier alpha value is -2.21. The van der Waals surface area contributed by atoms with Gasteiger partial charge in [-0.3, -0.25) is 0 Å². The number of methoxy groups -OCH3 is 1. The third kappa shape index (κ3) is 7.17. The molecule has 0 saturated heterocycles. The topological polar surface area (TPSA) is 39.7 Å². The maximum Gasteiger partial charge on any atom is 0.162 e. The zero-order valence-corrected chi connectivity index (χ0v) is 20.1. The zero-order valence-electron chi connectivity index (χ0n) is 17.8. The van der Waals surface area contributed by atoms with Crippen molar-refractivity contribution in [2.24, 2.45) is 0 Å². The van der Waals surface area contributed by atoms with Gasteiger partial charge in [-0.25, -0.2) is 0 Å². The van der Waals surface area contributed by atoms with Crippen molar-refractivity contribution < 1.29 is 14.2 Å². The lowest BCUT2D eigenvalue weighted by molar-refractivity contribution is 0.269. The number of nitrogens with one attached hydrogen (secondary N) is 1. The quantitative estimate of drug-likeness (QED) is 0.306. The first-order valence-corrected chi connectivity index (χ1v) is 11.4. The molecule has 0 heterocycles. The molecule has 4 nitrogen and oxygen atoms in total. The second kappa shape index (κ2) is 12.0. The monoisotopic (exact) mass is 503 g/mol. The largest absolute Gasteiger partial charge is 0.497 e. The van der Waals surface area contributed by atoms with Gasteiger partial charge in [0.15, 0.2) is 11.5 Å². The van der Waals surface area contributed by atoms with Crippen molar-refractivity contribution in [3.8, 4) is 17.2 Å². The third-order valence-electron chi connectivity index (χ3n) is 4.79. The van der Waals surface area contributed by atoms with E-state index in [-0.39, 0.29) is 0 Å². The van der Waals surface area contributed by atoms with Gasteiger partial charge in [-0.1, -0.05) is 51.8 Å². The van der Waals surface area contributed by atoms with E-state index in [4.69, 9.17) is 25.8 Å². The molecule has 0 aliphatic carbocycles. The van der Waals surface area contributed by atoms with E-state index in [2.05, 4.69) is 33.4 Å². The van der Waals surface area contributed by atoms with Crippen molar-refractivity contribution in [1.29, 1.82) is 0 Å². The SMILES string of the molecule is CCOc1cc(CNCCc2ccc(OC)cc2)c(Br)cc1OCc1ccc(Cl)cc1. The van der Waals surface area contributed by atoms with E-state index in [0.717, 1.165) is 46.6 Å². The molecule has 0 unspecified atom stereocenters. The number of hydrogen-bond donors (Lipinski definition) is 1. The van der Waals surface area contributed by atoms with E-state index in [0.29, 0.717) is 24.0 Å². The van der Waals surface area contributed by atoms with Gasteiger partial charge in [0, 0.05) is 16.0 Å². The van der Waals surface area contributed by atoms with Crippen LogP contribution >= 0.6 is 27.5 Å². The van der Waals surface area contributed by atoms with Gasteiger partial charge < -0.3 is 19.5 Å². The average molecular weight is 505 g/mol. The minimum atomic E-state index is 0.448. The Morgan fingerprint density at radius 1 is 0.903 bits per heavy atom. The zero-order chi connectivity index (χ0) is 22.1. The van der Waals surface area contributed by atoms with Crippen LogP contribution in [0, 0.1) is 0 Å². The smallest absolute Gasteiger partial charge is 0.162 e. The van der Waals surface area contributed by atoms with Gasteiger partial charge in [0.1, 0.15) is 12.4 Å². The van der Waals surface area contributed by atoms with E-state index >= 15 is 0 Å². The number of benzene rings is 3. The normalized spacial score (nSPS) is 10.7. The van der Waals surface area contributed by atoms with E-state index in [1.165, 1.54) is 5.56 Å². The van der Waals surface area contributed by atoms with Crippen LogP contribution < -0.4 is 19.5 Å². The minimum absolute atomic E-state index is 0.448. The first-order chi connectivity index (χ1) is 15.1. The number of rotatable bonds is 11. The van der Waals surface area contributed by atoms with Gasteiger partial charge in [0.05, 0.1) is 13.7 Å². The maximum absolute atomic E-state index is 6.03. The van der Waals surface area contributed by atoms with Gasteiger partial charge >= 0.3 is 0 Å². The van der Waals surface area contributed by atoms with Crippen molar-refractivity contribution in [2.75, 3.05) is 20.3 Å². The predicted octanol–water partition coefficient (Wildman–Crippen LogP) is 6.42. The summed E-state index contributed by atoms with van der Waals surface area (Å²) >= 11 is 9.63. The molecule has 3 aromatic rings. The lowest BCUT2D eigenvalue weighted by atomic mass is 10.1. The fraction of sp³-hybridized carbons (Fsp3) is 0.280. The van der Waals surface area contributed by atoms with Crippen molar-refractivity contribution in [1.82, 2.24) is 5.32 Å². The highest BCUT2D eigenvalue weighted by Gasteiger charge is 2.11. The van der Waals surface area contributed by atoms with Crippen LogP contribution in [0.2, 0.25) is 5.02 Å². The molecule has 0 aliphatic rings. The molecule has 31 heavy (non-hydrogen) atoms. The minimum Gasteiger partial charge on any atom is -0.497 e. The van der Waals surface area contributed by atoms with Gasteiger partial charge in [-0.2, -0.15) is 0 Å². The molecule has 0 saturated carbocycles. The lowest BCUT2D eigenvalue weighted by Crippen LogP contribution is -2.17. The second-order valence-corrected chi connectivity index (χ2v) is 8.30. The Morgan fingerprint density at radius 2 is 1.58 bits per heavy atom. The van der Waals surface area contributed by atoms with E-state index in [9.17, 15) is 0 Å². The van der Waals surface area contributed by atoms with Crippen LogP contribution in [0.1, 0.15) is 23.6 Å². The van der Waals surface area contributed by atoms with Crippen LogP contribution in [0.5, 0.6) is 17.2 Å². The molecule has 0 atom stereocenters. The second-order valence-electron chi connectivity index (χ2n) is 7.01. The molecule has 0 fully saturated rings. The maximum atomic E-state index is 6.03. The summed E-state index contributed by atoms with van der Waals surface area (Å²) in [5, 5.41) is 4.21. The summed E-state index contributed by atoms with van der Waals surface area (Å²) in [6.45, 7) is 4.59. The number of hydrogen-bond acceptors (Lipinski definition) is 4. The van der Waals surface area contributed by atoms with Crippen LogP contribution in [0.25, 0.3) is 0 Å². The lowest BCUT2D eigenvalue weighted by Gasteiger charge is -2.16. The fourth-order valence-corrected chi connectivity index (χ4v) is 3.67. The van der Waals surface area contributed by atoms with Crippen LogP contribution in [-0.2, 0) is 19.6 Å². The Kier molecular flexibility index (Phi) is 9.07. The molecule has 0 spiro atoms. The molecular weight excluding hydrogens is 478 g/mol. The molecule has 164 valence electrons. The van der Waals surface area contributed by atoms with E-state index < -0.39 is 0 Å². The van der Waals surface area contributed by atoms with Gasteiger partial charge in [0.25, 0.3) is 0 Å². The summed E-state index contributed by atoms with van der Waals surface area (Å²) in [7, 11) is 1.68. The summed E-state index contributed by atoms with van der Waals surface area (Å²) in [6.07, 6.45) is 0.947. The Morgan fingerprint density at radius 3 is 2.26 bits per heavy atom. The third-order valence-corrected chi connectivity index (χ3v) is 5.78. The van der Waals surface area contributed by atoms with Crippen LogP contribution in [0.4, 0.5) is 0 Å². The predicted molar refractivity (Wildman–Crippen MR) is 129 cm³/mol. The number of ether oxygens (including phenoxy) is 3. The van der Waals surface area contributed by atoms with Crippen LogP contribution in [-0.4, -0.2) is 20.3 Å². The highest BCUT2D eigenvalue weighted by Crippen LogP contribution is 2.34. The first kappa shape index (κ1) is 23.5.